The monoisotopic (exact) mass is 452 g/mol. The van der Waals surface area contributed by atoms with Crippen LogP contribution < -0.4 is 0 Å². The second-order valence-electron chi connectivity index (χ2n) is 9.38. The molecule has 0 heterocycles. The van der Waals surface area contributed by atoms with E-state index in [1.54, 1.807) is 0 Å². The summed E-state index contributed by atoms with van der Waals surface area (Å²) in [5.74, 6) is 8.35. The Morgan fingerprint density at radius 1 is 0.794 bits per heavy atom. The lowest BCUT2D eigenvalue weighted by atomic mass is 9.79. The first-order valence-electron chi connectivity index (χ1n) is 12.9. The van der Waals surface area contributed by atoms with Crippen molar-refractivity contribution < 1.29 is 4.74 Å². The molecule has 0 saturated heterocycles. The van der Waals surface area contributed by atoms with Gasteiger partial charge in [-0.2, -0.15) is 0 Å². The summed E-state index contributed by atoms with van der Waals surface area (Å²) in [6.45, 7) is 7.19. The largest absolute Gasteiger partial charge is 0.376 e. The fraction of sp³-hybridized carbons (Fsp3) is 0.394. The van der Waals surface area contributed by atoms with Crippen molar-refractivity contribution in [3.05, 3.63) is 108 Å². The molecule has 1 aliphatic carbocycles. The lowest BCUT2D eigenvalue weighted by Gasteiger charge is -2.27. The molecule has 1 heteroatoms. The molecule has 0 unspecified atom stereocenters. The van der Waals surface area contributed by atoms with Gasteiger partial charge < -0.3 is 4.74 Å². The minimum atomic E-state index is 0.634. The van der Waals surface area contributed by atoms with Crippen molar-refractivity contribution >= 4 is 0 Å². The molecule has 0 aromatic heterocycles. The Hall–Kier alpha value is -2.82. The number of rotatable bonds is 11. The highest BCUT2D eigenvalue weighted by Gasteiger charge is 2.19. The van der Waals surface area contributed by atoms with E-state index in [1.807, 2.05) is 6.08 Å². The predicted molar refractivity (Wildman–Crippen MR) is 146 cm³/mol. The fourth-order valence-corrected chi connectivity index (χ4v) is 4.45. The molecule has 178 valence electrons. The van der Waals surface area contributed by atoms with Crippen molar-refractivity contribution in [1.82, 2.24) is 0 Å². The highest BCUT2D eigenvalue weighted by atomic mass is 16.5. The molecule has 0 radical (unpaired) electrons. The summed E-state index contributed by atoms with van der Waals surface area (Å²) in [6.07, 6.45) is 21.1. The Labute approximate surface area is 207 Å². The molecule has 1 nitrogen and oxygen atoms in total. The standard InChI is InChI=1S/C33H40O/c1-3-5-9-28-12-14-29(15-13-28)10-7-8-11-30-16-18-31(19-17-30)20-21-32-22-24-33(25-23-32)27-34-26-6-4-2/h3-5,7-8,16-19,22-25,28-29H,2,6,9-15,26-27H2,1H3/t28-,29-. The van der Waals surface area contributed by atoms with E-state index in [0.29, 0.717) is 6.61 Å². The summed E-state index contributed by atoms with van der Waals surface area (Å²) < 4.78 is 5.61. The highest BCUT2D eigenvalue weighted by molar-refractivity contribution is 5.44. The van der Waals surface area contributed by atoms with Crippen LogP contribution in [0, 0.1) is 23.7 Å². The van der Waals surface area contributed by atoms with Crippen LogP contribution in [0.15, 0.2) is 85.5 Å². The molecule has 34 heavy (non-hydrogen) atoms. The molecule has 2 aromatic rings. The van der Waals surface area contributed by atoms with Gasteiger partial charge in [0, 0.05) is 11.1 Å². The maximum atomic E-state index is 5.61. The Morgan fingerprint density at radius 2 is 1.35 bits per heavy atom. The van der Waals surface area contributed by atoms with Crippen molar-refractivity contribution in [2.24, 2.45) is 11.8 Å². The molecule has 0 bridgehead atoms. The molecule has 3 rings (SSSR count). The van der Waals surface area contributed by atoms with Crippen LogP contribution in [0.1, 0.15) is 74.1 Å². The van der Waals surface area contributed by atoms with E-state index in [9.17, 15) is 0 Å². The summed E-state index contributed by atoms with van der Waals surface area (Å²) in [7, 11) is 0. The van der Waals surface area contributed by atoms with E-state index in [0.717, 1.165) is 42.4 Å². The first-order valence-corrected chi connectivity index (χ1v) is 12.9. The predicted octanol–water partition coefficient (Wildman–Crippen LogP) is 8.44. The van der Waals surface area contributed by atoms with Crippen molar-refractivity contribution in [3.63, 3.8) is 0 Å². The van der Waals surface area contributed by atoms with Crippen LogP contribution in [0.5, 0.6) is 0 Å². The summed E-state index contributed by atoms with van der Waals surface area (Å²) >= 11 is 0. The third-order valence-corrected chi connectivity index (χ3v) is 6.66. The van der Waals surface area contributed by atoms with Crippen LogP contribution in [0.3, 0.4) is 0 Å². The molecule has 1 saturated carbocycles. The van der Waals surface area contributed by atoms with Crippen LogP contribution in [0.25, 0.3) is 0 Å². The van der Waals surface area contributed by atoms with Crippen LogP contribution in [0.2, 0.25) is 0 Å². The van der Waals surface area contributed by atoms with Crippen molar-refractivity contribution in [3.8, 4) is 11.8 Å². The zero-order chi connectivity index (χ0) is 23.8. The highest BCUT2D eigenvalue weighted by Crippen LogP contribution is 2.33. The van der Waals surface area contributed by atoms with Gasteiger partial charge in [0.1, 0.15) is 0 Å². The summed E-state index contributed by atoms with van der Waals surface area (Å²) in [6, 6.07) is 17.0. The van der Waals surface area contributed by atoms with Crippen LogP contribution in [-0.2, 0) is 17.8 Å². The normalized spacial score (nSPS) is 18.1. The van der Waals surface area contributed by atoms with Gasteiger partial charge in [-0.1, -0.05) is 66.5 Å². The number of benzene rings is 2. The van der Waals surface area contributed by atoms with E-state index < -0.39 is 0 Å². The maximum Gasteiger partial charge on any atom is 0.0717 e. The van der Waals surface area contributed by atoms with Gasteiger partial charge >= 0.3 is 0 Å². The van der Waals surface area contributed by atoms with E-state index >= 15 is 0 Å². The van der Waals surface area contributed by atoms with Gasteiger partial charge in [-0.3, -0.25) is 0 Å². The smallest absolute Gasteiger partial charge is 0.0717 e. The lowest BCUT2D eigenvalue weighted by Crippen LogP contribution is -2.13. The zero-order valence-corrected chi connectivity index (χ0v) is 20.8. The topological polar surface area (TPSA) is 9.23 Å². The van der Waals surface area contributed by atoms with Gasteiger partial charge in [-0.25, -0.2) is 0 Å². The summed E-state index contributed by atoms with van der Waals surface area (Å²) in [5, 5.41) is 0. The van der Waals surface area contributed by atoms with E-state index in [2.05, 4.69) is 98.2 Å². The first-order chi connectivity index (χ1) is 16.8. The Balaban J connectivity index is 1.38. The molecule has 2 aromatic carbocycles. The molecule has 0 N–H and O–H groups in total. The van der Waals surface area contributed by atoms with Gasteiger partial charge in [0.05, 0.1) is 13.2 Å². The quantitative estimate of drug-likeness (QED) is 0.189. The summed E-state index contributed by atoms with van der Waals surface area (Å²) in [5.41, 5.74) is 4.60. The average Bonchev–Trinajstić information content (AvgIpc) is 2.89. The minimum absolute atomic E-state index is 0.634. The van der Waals surface area contributed by atoms with Crippen molar-refractivity contribution in [2.75, 3.05) is 6.61 Å². The molecule has 0 spiro atoms. The molecule has 0 amide bonds. The van der Waals surface area contributed by atoms with Crippen LogP contribution in [0.4, 0.5) is 0 Å². The Bertz CT molecular complexity index is 958. The van der Waals surface area contributed by atoms with Crippen molar-refractivity contribution in [1.29, 1.82) is 0 Å². The van der Waals surface area contributed by atoms with Gasteiger partial charge in [0.2, 0.25) is 0 Å². The molecular formula is C33H40O. The number of allylic oxidation sites excluding steroid dienone is 4. The molecule has 1 aliphatic rings. The Morgan fingerprint density at radius 3 is 1.91 bits per heavy atom. The van der Waals surface area contributed by atoms with Gasteiger partial charge in [-0.05, 0) is 106 Å². The SMILES string of the molecule is C=CCCOCc1ccc(C#Cc2ccc(CC=CC[C@H]3CC[C@H](CC=CC)CC3)cc2)cc1. The van der Waals surface area contributed by atoms with Gasteiger partial charge in [0.15, 0.2) is 0 Å². The first kappa shape index (κ1) is 25.8. The Kier molecular flexibility index (Phi) is 11.5. The average molecular weight is 453 g/mol. The van der Waals surface area contributed by atoms with E-state index in [-0.39, 0.29) is 0 Å². The third kappa shape index (κ3) is 9.58. The fourth-order valence-electron chi connectivity index (χ4n) is 4.45. The van der Waals surface area contributed by atoms with Crippen molar-refractivity contribution in [2.45, 2.75) is 64.9 Å². The second kappa shape index (κ2) is 15.2. The molecular weight excluding hydrogens is 412 g/mol. The lowest BCUT2D eigenvalue weighted by molar-refractivity contribution is 0.125. The van der Waals surface area contributed by atoms with Gasteiger partial charge in [-0.15, -0.1) is 6.58 Å². The third-order valence-electron chi connectivity index (χ3n) is 6.66. The number of hydrogen-bond donors (Lipinski definition) is 0. The second-order valence-corrected chi connectivity index (χ2v) is 9.38. The van der Waals surface area contributed by atoms with Crippen LogP contribution >= 0.6 is 0 Å². The maximum absolute atomic E-state index is 5.61. The number of hydrogen-bond acceptors (Lipinski definition) is 1. The molecule has 0 atom stereocenters. The van der Waals surface area contributed by atoms with Gasteiger partial charge in [0.25, 0.3) is 0 Å². The molecule has 1 fully saturated rings. The minimum Gasteiger partial charge on any atom is -0.376 e. The van der Waals surface area contributed by atoms with Crippen LogP contribution in [-0.4, -0.2) is 6.61 Å². The van der Waals surface area contributed by atoms with E-state index in [4.69, 9.17) is 4.74 Å². The number of ether oxygens (including phenoxy) is 1. The van der Waals surface area contributed by atoms with E-state index in [1.165, 1.54) is 49.7 Å². The zero-order valence-electron chi connectivity index (χ0n) is 20.8. The molecule has 0 aliphatic heterocycles. The summed E-state index contributed by atoms with van der Waals surface area (Å²) in [4.78, 5) is 0.